The maximum absolute atomic E-state index is 12.8. The molecule has 0 saturated carbocycles. The minimum Gasteiger partial charge on any atom is -0.486 e. The highest BCUT2D eigenvalue weighted by Crippen LogP contribution is 2.38. The van der Waals surface area contributed by atoms with Crippen LogP contribution in [-0.4, -0.2) is 73.7 Å². The zero-order valence-electron chi connectivity index (χ0n) is 14.4. The highest BCUT2D eigenvalue weighted by molar-refractivity contribution is 6.32. The molecule has 3 aliphatic rings. The first-order valence-corrected chi connectivity index (χ1v) is 9.30. The van der Waals surface area contributed by atoms with Gasteiger partial charge in [0.15, 0.2) is 11.5 Å². The van der Waals surface area contributed by atoms with E-state index >= 15 is 0 Å². The summed E-state index contributed by atoms with van der Waals surface area (Å²) in [5.74, 6) is 0.908. The quantitative estimate of drug-likeness (QED) is 0.779. The molecule has 7 nitrogen and oxygen atoms in total. The van der Waals surface area contributed by atoms with E-state index in [4.69, 9.17) is 25.8 Å². The number of carbonyl (C=O) groups excluding carboxylic acids is 2. The van der Waals surface area contributed by atoms with E-state index in [0.717, 1.165) is 12.8 Å². The molecule has 4 rings (SSSR count). The van der Waals surface area contributed by atoms with Crippen molar-refractivity contribution in [2.24, 2.45) is 0 Å². The van der Waals surface area contributed by atoms with Gasteiger partial charge in [0.05, 0.1) is 5.02 Å². The molecule has 1 aromatic rings. The summed E-state index contributed by atoms with van der Waals surface area (Å²) >= 11 is 6.23. The van der Waals surface area contributed by atoms with Gasteiger partial charge in [0.2, 0.25) is 0 Å². The normalized spacial score (nSPS) is 22.4. The summed E-state index contributed by atoms with van der Waals surface area (Å²) in [6.45, 7) is 3.55. The van der Waals surface area contributed by atoms with E-state index in [-0.39, 0.29) is 17.9 Å². The standard InChI is InChI=1S/C18H21ClN2O5/c19-13-10-12(11-15-16(13)26-9-8-25-15)17(22)20-3-5-21(6-4-20)18(23)14-2-1-7-24-14/h10-11,14H,1-9H2/t14-/m1/s1. The van der Waals surface area contributed by atoms with E-state index < -0.39 is 0 Å². The SMILES string of the molecule is O=C(c1cc(Cl)c2c(c1)OCCO2)N1CCN(C(=O)[C@H]2CCCO2)CC1. The summed E-state index contributed by atoms with van der Waals surface area (Å²) in [6, 6.07) is 3.29. The Morgan fingerprint density at radius 1 is 1.00 bits per heavy atom. The van der Waals surface area contributed by atoms with Crippen LogP contribution in [0.1, 0.15) is 23.2 Å². The van der Waals surface area contributed by atoms with Crippen molar-refractivity contribution in [2.75, 3.05) is 46.0 Å². The van der Waals surface area contributed by atoms with Crippen LogP contribution < -0.4 is 9.47 Å². The fourth-order valence-electron chi connectivity index (χ4n) is 3.52. The monoisotopic (exact) mass is 380 g/mol. The number of ether oxygens (including phenoxy) is 3. The molecule has 0 N–H and O–H groups in total. The number of halogens is 1. The van der Waals surface area contributed by atoms with Crippen molar-refractivity contribution < 1.29 is 23.8 Å². The molecule has 1 aromatic carbocycles. The van der Waals surface area contributed by atoms with Crippen LogP contribution in [0.4, 0.5) is 0 Å². The third-order valence-electron chi connectivity index (χ3n) is 4.93. The van der Waals surface area contributed by atoms with Crippen molar-refractivity contribution >= 4 is 23.4 Å². The Morgan fingerprint density at radius 2 is 1.73 bits per heavy atom. The topological polar surface area (TPSA) is 68.3 Å². The first-order chi connectivity index (χ1) is 12.6. The van der Waals surface area contributed by atoms with Crippen molar-refractivity contribution in [3.8, 4) is 11.5 Å². The Balaban J connectivity index is 1.40. The molecule has 1 atom stereocenters. The molecule has 26 heavy (non-hydrogen) atoms. The Morgan fingerprint density at radius 3 is 2.46 bits per heavy atom. The summed E-state index contributed by atoms with van der Waals surface area (Å²) < 4.78 is 16.5. The van der Waals surface area contributed by atoms with Gasteiger partial charge in [-0.25, -0.2) is 0 Å². The van der Waals surface area contributed by atoms with Crippen molar-refractivity contribution in [3.63, 3.8) is 0 Å². The van der Waals surface area contributed by atoms with Crippen molar-refractivity contribution in [1.29, 1.82) is 0 Å². The van der Waals surface area contributed by atoms with Crippen LogP contribution in [0.5, 0.6) is 11.5 Å². The zero-order valence-corrected chi connectivity index (χ0v) is 15.2. The largest absolute Gasteiger partial charge is 0.486 e. The van der Waals surface area contributed by atoms with Crippen LogP contribution in [0.2, 0.25) is 5.02 Å². The maximum atomic E-state index is 12.8. The van der Waals surface area contributed by atoms with Crippen molar-refractivity contribution in [1.82, 2.24) is 9.80 Å². The molecule has 140 valence electrons. The average Bonchev–Trinajstić information content (AvgIpc) is 3.22. The van der Waals surface area contributed by atoms with Gasteiger partial charge in [-0.1, -0.05) is 11.6 Å². The highest BCUT2D eigenvalue weighted by Gasteiger charge is 2.32. The lowest BCUT2D eigenvalue weighted by Crippen LogP contribution is -2.52. The van der Waals surface area contributed by atoms with Crippen LogP contribution in [0.3, 0.4) is 0 Å². The Kier molecular flexibility index (Phi) is 4.91. The fourth-order valence-corrected chi connectivity index (χ4v) is 3.79. The van der Waals surface area contributed by atoms with Crippen molar-refractivity contribution in [3.05, 3.63) is 22.7 Å². The lowest BCUT2D eigenvalue weighted by Gasteiger charge is -2.36. The second-order valence-electron chi connectivity index (χ2n) is 6.60. The van der Waals surface area contributed by atoms with E-state index in [1.54, 1.807) is 21.9 Å². The predicted octanol–water partition coefficient (Wildman–Crippen LogP) is 1.57. The molecule has 0 aliphatic carbocycles. The Bertz CT molecular complexity index is 712. The first-order valence-electron chi connectivity index (χ1n) is 8.92. The summed E-state index contributed by atoms with van der Waals surface area (Å²) in [6.07, 6.45) is 1.40. The highest BCUT2D eigenvalue weighted by atomic mass is 35.5. The van der Waals surface area contributed by atoms with Crippen LogP contribution >= 0.6 is 11.6 Å². The molecular formula is C18H21ClN2O5. The number of hydrogen-bond acceptors (Lipinski definition) is 5. The molecule has 3 heterocycles. The molecular weight excluding hydrogens is 360 g/mol. The fraction of sp³-hybridized carbons (Fsp3) is 0.556. The van der Waals surface area contributed by atoms with Gasteiger partial charge in [-0.3, -0.25) is 9.59 Å². The van der Waals surface area contributed by atoms with E-state index in [1.165, 1.54) is 0 Å². The second kappa shape index (κ2) is 7.32. The summed E-state index contributed by atoms with van der Waals surface area (Å²) in [5.41, 5.74) is 0.471. The van der Waals surface area contributed by atoms with Crippen LogP contribution in [0, 0.1) is 0 Å². The smallest absolute Gasteiger partial charge is 0.254 e. The minimum atomic E-state index is -0.311. The second-order valence-corrected chi connectivity index (χ2v) is 7.01. The van der Waals surface area contributed by atoms with E-state index in [2.05, 4.69) is 0 Å². The van der Waals surface area contributed by atoms with Gasteiger partial charge in [-0.05, 0) is 25.0 Å². The van der Waals surface area contributed by atoms with E-state index in [1.807, 2.05) is 0 Å². The number of nitrogens with zero attached hydrogens (tertiary/aromatic N) is 2. The van der Waals surface area contributed by atoms with Gasteiger partial charge >= 0.3 is 0 Å². The van der Waals surface area contributed by atoms with E-state index in [9.17, 15) is 9.59 Å². The predicted molar refractivity (Wildman–Crippen MR) is 93.9 cm³/mol. The van der Waals surface area contributed by atoms with Crippen molar-refractivity contribution in [2.45, 2.75) is 18.9 Å². The van der Waals surface area contributed by atoms with Gasteiger partial charge in [-0.15, -0.1) is 0 Å². The summed E-state index contributed by atoms with van der Waals surface area (Å²) in [4.78, 5) is 28.7. The maximum Gasteiger partial charge on any atom is 0.254 e. The number of rotatable bonds is 2. The van der Waals surface area contributed by atoms with Crippen LogP contribution in [-0.2, 0) is 9.53 Å². The lowest BCUT2D eigenvalue weighted by atomic mass is 10.1. The van der Waals surface area contributed by atoms with Gasteiger partial charge in [0, 0.05) is 38.3 Å². The summed E-state index contributed by atoms with van der Waals surface area (Å²) in [7, 11) is 0. The van der Waals surface area contributed by atoms with Crippen LogP contribution in [0.25, 0.3) is 0 Å². The number of carbonyl (C=O) groups is 2. The third kappa shape index (κ3) is 3.33. The molecule has 0 bridgehead atoms. The number of fused-ring (bicyclic) bond motifs is 1. The van der Waals surface area contributed by atoms with E-state index in [0.29, 0.717) is 68.1 Å². The van der Waals surface area contributed by atoms with Gasteiger partial charge in [-0.2, -0.15) is 0 Å². The molecule has 8 heteroatoms. The molecule has 0 radical (unpaired) electrons. The summed E-state index contributed by atoms with van der Waals surface area (Å²) in [5, 5.41) is 0.373. The molecule has 0 unspecified atom stereocenters. The minimum absolute atomic E-state index is 0.0389. The third-order valence-corrected chi connectivity index (χ3v) is 5.21. The molecule has 2 amide bonds. The molecule has 0 aromatic heterocycles. The van der Waals surface area contributed by atoms with Gasteiger partial charge < -0.3 is 24.0 Å². The number of piperazine rings is 1. The van der Waals surface area contributed by atoms with Crippen LogP contribution in [0.15, 0.2) is 12.1 Å². The molecule has 2 fully saturated rings. The number of hydrogen-bond donors (Lipinski definition) is 0. The first kappa shape index (κ1) is 17.4. The lowest BCUT2D eigenvalue weighted by molar-refractivity contribution is -0.142. The molecule has 0 spiro atoms. The molecule has 2 saturated heterocycles. The zero-order chi connectivity index (χ0) is 18.1. The molecule has 3 aliphatic heterocycles. The van der Waals surface area contributed by atoms with Gasteiger partial charge in [0.1, 0.15) is 19.3 Å². The van der Waals surface area contributed by atoms with Gasteiger partial charge in [0.25, 0.3) is 11.8 Å². The number of benzene rings is 1. The Labute approximate surface area is 156 Å². The Hall–Kier alpha value is -1.99. The number of amides is 2. The average molecular weight is 381 g/mol.